The molecule has 3 rings (SSSR count). The van der Waals surface area contributed by atoms with Crippen molar-refractivity contribution in [3.63, 3.8) is 0 Å². The minimum Gasteiger partial charge on any atom is -0.431 e. The van der Waals surface area contributed by atoms with Crippen LogP contribution in [0.15, 0.2) is 57.0 Å². The fraction of sp³-hybridized carbons (Fsp3) is 0.133. The third-order valence-corrected chi connectivity index (χ3v) is 4.26. The molecule has 0 radical (unpaired) electrons. The molecule has 2 aromatic carbocycles. The van der Waals surface area contributed by atoms with E-state index in [2.05, 4.69) is 4.98 Å². The molecular weight excluding hydrogens is 294 g/mol. The maximum Gasteiger partial charge on any atom is 0.261 e. The third kappa shape index (κ3) is 2.68. The van der Waals surface area contributed by atoms with Gasteiger partial charge in [-0.1, -0.05) is 29.8 Å². The molecule has 0 aliphatic heterocycles. The number of fused-ring (bicyclic) bond motifs is 1. The zero-order valence-electron chi connectivity index (χ0n) is 10.7. The van der Waals surface area contributed by atoms with Crippen molar-refractivity contribution >= 4 is 34.5 Å². The van der Waals surface area contributed by atoms with Crippen molar-refractivity contribution in [3.8, 4) is 0 Å². The SMILES string of the molecule is C[C@H](O)c1ccc(Sc2nc3ccccc3o2)c(Cl)c1. The molecule has 0 saturated heterocycles. The number of hydrogen-bond acceptors (Lipinski definition) is 4. The van der Waals surface area contributed by atoms with E-state index in [1.807, 2.05) is 36.4 Å². The molecule has 3 aromatic rings. The van der Waals surface area contributed by atoms with E-state index >= 15 is 0 Å². The Bertz CT molecular complexity index is 721. The lowest BCUT2D eigenvalue weighted by Gasteiger charge is -2.07. The minimum atomic E-state index is -0.532. The maximum atomic E-state index is 9.53. The van der Waals surface area contributed by atoms with Gasteiger partial charge in [0.1, 0.15) is 5.52 Å². The number of aliphatic hydroxyl groups is 1. The van der Waals surface area contributed by atoms with Gasteiger partial charge in [0.2, 0.25) is 0 Å². The Labute approximate surface area is 125 Å². The predicted molar refractivity (Wildman–Crippen MR) is 80.2 cm³/mol. The van der Waals surface area contributed by atoms with E-state index in [4.69, 9.17) is 16.0 Å². The summed E-state index contributed by atoms with van der Waals surface area (Å²) in [6.07, 6.45) is -0.532. The molecule has 0 spiro atoms. The van der Waals surface area contributed by atoms with Crippen LogP contribution in [0, 0.1) is 0 Å². The zero-order valence-corrected chi connectivity index (χ0v) is 12.3. The molecular formula is C15H12ClNO2S. The lowest BCUT2D eigenvalue weighted by Crippen LogP contribution is -1.90. The smallest absolute Gasteiger partial charge is 0.261 e. The summed E-state index contributed by atoms with van der Waals surface area (Å²) in [6.45, 7) is 1.71. The number of hydrogen-bond donors (Lipinski definition) is 1. The summed E-state index contributed by atoms with van der Waals surface area (Å²) in [6, 6.07) is 13.1. The highest BCUT2D eigenvalue weighted by molar-refractivity contribution is 7.99. The van der Waals surface area contributed by atoms with E-state index in [9.17, 15) is 5.11 Å². The first-order valence-electron chi connectivity index (χ1n) is 6.14. The van der Waals surface area contributed by atoms with Gasteiger partial charge in [-0.2, -0.15) is 0 Å². The van der Waals surface area contributed by atoms with Crippen LogP contribution in [0.2, 0.25) is 5.02 Å². The van der Waals surface area contributed by atoms with Crippen molar-refractivity contribution in [2.24, 2.45) is 0 Å². The van der Waals surface area contributed by atoms with Gasteiger partial charge in [0.25, 0.3) is 5.22 Å². The van der Waals surface area contributed by atoms with Crippen LogP contribution >= 0.6 is 23.4 Å². The summed E-state index contributed by atoms with van der Waals surface area (Å²) in [7, 11) is 0. The van der Waals surface area contributed by atoms with Crippen molar-refractivity contribution < 1.29 is 9.52 Å². The van der Waals surface area contributed by atoms with Crippen LogP contribution in [-0.4, -0.2) is 10.1 Å². The van der Waals surface area contributed by atoms with Gasteiger partial charge in [-0.3, -0.25) is 0 Å². The highest BCUT2D eigenvalue weighted by atomic mass is 35.5. The fourth-order valence-corrected chi connectivity index (χ4v) is 2.91. The summed E-state index contributed by atoms with van der Waals surface area (Å²) < 4.78 is 5.65. The summed E-state index contributed by atoms with van der Waals surface area (Å²) in [5, 5.41) is 10.7. The third-order valence-electron chi connectivity index (χ3n) is 2.91. The Hall–Kier alpha value is -1.49. The molecule has 1 N–H and O–H groups in total. The average molecular weight is 306 g/mol. The molecule has 5 heteroatoms. The summed E-state index contributed by atoms with van der Waals surface area (Å²) in [5.74, 6) is 0. The number of nitrogens with zero attached hydrogens (tertiary/aromatic N) is 1. The molecule has 0 aliphatic carbocycles. The van der Waals surface area contributed by atoms with Crippen molar-refractivity contribution in [3.05, 3.63) is 53.1 Å². The van der Waals surface area contributed by atoms with Crippen LogP contribution in [0.25, 0.3) is 11.1 Å². The van der Waals surface area contributed by atoms with E-state index in [-0.39, 0.29) is 0 Å². The second-order valence-corrected chi connectivity index (χ2v) is 5.82. The molecule has 3 nitrogen and oxygen atoms in total. The van der Waals surface area contributed by atoms with Crippen molar-refractivity contribution in [1.82, 2.24) is 4.98 Å². The number of para-hydroxylation sites is 2. The Morgan fingerprint density at radius 3 is 2.75 bits per heavy atom. The van der Waals surface area contributed by atoms with Crippen LogP contribution in [0.3, 0.4) is 0 Å². The second-order valence-electron chi connectivity index (χ2n) is 4.42. The average Bonchev–Trinajstić information content (AvgIpc) is 2.83. The van der Waals surface area contributed by atoms with E-state index < -0.39 is 6.10 Å². The molecule has 0 unspecified atom stereocenters. The number of aliphatic hydroxyl groups excluding tert-OH is 1. The molecule has 1 heterocycles. The van der Waals surface area contributed by atoms with Crippen LogP contribution in [0.1, 0.15) is 18.6 Å². The highest BCUT2D eigenvalue weighted by Crippen LogP contribution is 2.35. The predicted octanol–water partition coefficient (Wildman–Crippen LogP) is 4.69. The first-order valence-corrected chi connectivity index (χ1v) is 7.34. The quantitative estimate of drug-likeness (QED) is 0.763. The Balaban J connectivity index is 1.90. The lowest BCUT2D eigenvalue weighted by atomic mass is 10.1. The zero-order chi connectivity index (χ0) is 14.1. The minimum absolute atomic E-state index is 0.532. The van der Waals surface area contributed by atoms with E-state index in [1.54, 1.807) is 13.0 Å². The van der Waals surface area contributed by atoms with Gasteiger partial charge in [-0.05, 0) is 48.5 Å². The Morgan fingerprint density at radius 2 is 2.05 bits per heavy atom. The largest absolute Gasteiger partial charge is 0.431 e. The van der Waals surface area contributed by atoms with Gasteiger partial charge in [0.05, 0.1) is 11.1 Å². The number of oxazole rings is 1. The van der Waals surface area contributed by atoms with Gasteiger partial charge < -0.3 is 9.52 Å². The van der Waals surface area contributed by atoms with Crippen LogP contribution < -0.4 is 0 Å². The molecule has 0 fully saturated rings. The molecule has 0 aliphatic rings. The number of rotatable bonds is 3. The van der Waals surface area contributed by atoms with Gasteiger partial charge in [-0.25, -0.2) is 4.98 Å². The molecule has 1 aromatic heterocycles. The topological polar surface area (TPSA) is 46.3 Å². The molecule has 1 atom stereocenters. The Morgan fingerprint density at radius 1 is 1.25 bits per heavy atom. The first kappa shape index (κ1) is 13.5. The standard InChI is InChI=1S/C15H12ClNO2S/c1-9(18)10-6-7-14(11(16)8-10)20-15-17-12-4-2-3-5-13(12)19-15/h2-9,18H,1H3/t9-/m0/s1. The van der Waals surface area contributed by atoms with Gasteiger partial charge in [0.15, 0.2) is 5.58 Å². The first-order chi connectivity index (χ1) is 9.63. The van der Waals surface area contributed by atoms with Gasteiger partial charge >= 0.3 is 0 Å². The number of benzene rings is 2. The molecule has 20 heavy (non-hydrogen) atoms. The summed E-state index contributed by atoms with van der Waals surface area (Å²) in [5.41, 5.74) is 2.37. The number of aromatic nitrogens is 1. The maximum absolute atomic E-state index is 9.53. The van der Waals surface area contributed by atoms with Crippen molar-refractivity contribution in [2.45, 2.75) is 23.1 Å². The molecule has 0 amide bonds. The second kappa shape index (κ2) is 5.48. The van der Waals surface area contributed by atoms with Crippen molar-refractivity contribution in [1.29, 1.82) is 0 Å². The van der Waals surface area contributed by atoms with E-state index in [1.165, 1.54) is 11.8 Å². The van der Waals surface area contributed by atoms with E-state index in [0.29, 0.717) is 10.2 Å². The Kier molecular flexibility index (Phi) is 3.70. The summed E-state index contributed by atoms with van der Waals surface area (Å²) in [4.78, 5) is 5.24. The van der Waals surface area contributed by atoms with Crippen LogP contribution in [0.4, 0.5) is 0 Å². The van der Waals surface area contributed by atoms with E-state index in [0.717, 1.165) is 21.6 Å². The van der Waals surface area contributed by atoms with Crippen LogP contribution in [-0.2, 0) is 0 Å². The number of halogens is 1. The molecule has 102 valence electrons. The fourth-order valence-electron chi connectivity index (χ4n) is 1.85. The normalized spacial score (nSPS) is 12.8. The lowest BCUT2D eigenvalue weighted by molar-refractivity contribution is 0.199. The van der Waals surface area contributed by atoms with Crippen molar-refractivity contribution in [2.75, 3.05) is 0 Å². The summed E-state index contributed by atoms with van der Waals surface area (Å²) >= 11 is 7.59. The molecule has 0 bridgehead atoms. The van der Waals surface area contributed by atoms with Gasteiger partial charge in [0, 0.05) is 4.90 Å². The monoisotopic (exact) mass is 305 g/mol. The van der Waals surface area contributed by atoms with Crippen LogP contribution in [0.5, 0.6) is 0 Å². The van der Waals surface area contributed by atoms with Gasteiger partial charge in [-0.15, -0.1) is 0 Å². The highest BCUT2D eigenvalue weighted by Gasteiger charge is 2.11. The molecule has 0 saturated carbocycles.